The molecule has 3 aromatic rings. The van der Waals surface area contributed by atoms with Crippen molar-refractivity contribution in [1.29, 1.82) is 0 Å². The van der Waals surface area contributed by atoms with Crippen LogP contribution in [-0.4, -0.2) is 44.4 Å². The van der Waals surface area contributed by atoms with Crippen molar-refractivity contribution in [2.45, 2.75) is 38.1 Å². The highest BCUT2D eigenvalue weighted by molar-refractivity contribution is 7.99. The molecule has 2 N–H and O–H groups in total. The van der Waals surface area contributed by atoms with Gasteiger partial charge in [0.05, 0.1) is 34.0 Å². The van der Waals surface area contributed by atoms with Crippen LogP contribution in [0.25, 0.3) is 0 Å². The molecule has 0 fully saturated rings. The second-order valence-corrected chi connectivity index (χ2v) is 9.88. The van der Waals surface area contributed by atoms with Gasteiger partial charge in [0.2, 0.25) is 5.91 Å². The molecule has 1 aromatic heterocycles. The largest absolute Gasteiger partial charge is 0.459 e. The number of benzene rings is 2. The fourth-order valence-electron chi connectivity index (χ4n) is 3.17. The van der Waals surface area contributed by atoms with Crippen molar-refractivity contribution in [3.05, 3.63) is 69.5 Å². The maximum Gasteiger partial charge on any atom is 0.338 e. The number of carbonyl (C=O) groups excluding carboxylic acids is 3. The lowest BCUT2D eigenvalue weighted by Gasteiger charge is -2.14. The number of rotatable bonds is 9. The van der Waals surface area contributed by atoms with Gasteiger partial charge < -0.3 is 19.9 Å². The zero-order valence-corrected chi connectivity index (χ0v) is 22.4. The Bertz CT molecular complexity index is 1280. The van der Waals surface area contributed by atoms with Crippen molar-refractivity contribution in [2.24, 2.45) is 7.05 Å². The van der Waals surface area contributed by atoms with Crippen LogP contribution in [0, 0.1) is 0 Å². The van der Waals surface area contributed by atoms with Gasteiger partial charge in [0, 0.05) is 17.8 Å². The van der Waals surface area contributed by atoms with Crippen LogP contribution in [0.1, 0.15) is 53.4 Å². The first kappa shape index (κ1) is 27.5. The van der Waals surface area contributed by atoms with Crippen LogP contribution in [0.2, 0.25) is 10.0 Å². The maximum atomic E-state index is 12.6. The quantitative estimate of drug-likeness (QED) is 0.287. The molecule has 190 valence electrons. The van der Waals surface area contributed by atoms with Gasteiger partial charge in [-0.05, 0) is 57.2 Å². The minimum atomic E-state index is -0.474. The Morgan fingerprint density at radius 2 is 1.83 bits per heavy atom. The highest BCUT2D eigenvalue weighted by Gasteiger charge is 2.20. The molecule has 36 heavy (non-hydrogen) atoms. The summed E-state index contributed by atoms with van der Waals surface area (Å²) in [6, 6.07) is 10.7. The Morgan fingerprint density at radius 1 is 1.08 bits per heavy atom. The summed E-state index contributed by atoms with van der Waals surface area (Å²) in [7, 11) is 1.75. The first-order valence-electron chi connectivity index (χ1n) is 10.9. The van der Waals surface area contributed by atoms with E-state index in [4.69, 9.17) is 27.9 Å². The molecule has 0 bridgehead atoms. The number of esters is 1. The van der Waals surface area contributed by atoms with Gasteiger partial charge in [0.15, 0.2) is 11.0 Å². The number of nitrogens with zero attached hydrogens (tertiary/aromatic N) is 3. The van der Waals surface area contributed by atoms with Gasteiger partial charge in [-0.15, -0.1) is 10.2 Å². The molecule has 0 saturated heterocycles. The highest BCUT2D eigenvalue weighted by atomic mass is 35.5. The Hall–Kier alpha value is -3.08. The summed E-state index contributed by atoms with van der Waals surface area (Å²) in [5, 5.41) is 15.1. The molecule has 1 atom stereocenters. The molecule has 2 aromatic carbocycles. The lowest BCUT2D eigenvalue weighted by molar-refractivity contribution is -0.113. The molecule has 0 aliphatic heterocycles. The smallest absolute Gasteiger partial charge is 0.338 e. The van der Waals surface area contributed by atoms with Gasteiger partial charge in [-0.1, -0.05) is 41.0 Å². The van der Waals surface area contributed by atoms with E-state index in [2.05, 4.69) is 20.8 Å². The van der Waals surface area contributed by atoms with Gasteiger partial charge >= 0.3 is 5.97 Å². The average molecular weight is 550 g/mol. The molecule has 12 heteroatoms. The second kappa shape index (κ2) is 12.2. The normalized spacial score (nSPS) is 11.8. The van der Waals surface area contributed by atoms with Gasteiger partial charge in [-0.25, -0.2) is 4.79 Å². The van der Waals surface area contributed by atoms with Gasteiger partial charge in [-0.3, -0.25) is 9.59 Å². The molecule has 1 heterocycles. The zero-order valence-electron chi connectivity index (χ0n) is 20.0. The Balaban J connectivity index is 1.57. The number of hydrogen-bond acceptors (Lipinski definition) is 7. The van der Waals surface area contributed by atoms with Crippen molar-refractivity contribution in [3.8, 4) is 0 Å². The van der Waals surface area contributed by atoms with Crippen LogP contribution < -0.4 is 10.6 Å². The summed E-state index contributed by atoms with van der Waals surface area (Å²) in [6.45, 7) is 5.30. The summed E-state index contributed by atoms with van der Waals surface area (Å²) < 4.78 is 6.89. The molecular formula is C24H25Cl2N5O4S. The number of nitrogens with one attached hydrogen (secondary N) is 2. The van der Waals surface area contributed by atoms with Crippen LogP contribution >= 0.6 is 35.0 Å². The van der Waals surface area contributed by atoms with Gasteiger partial charge in [0.1, 0.15) is 0 Å². The molecule has 9 nitrogen and oxygen atoms in total. The molecule has 0 unspecified atom stereocenters. The molecule has 2 amide bonds. The Labute approximate surface area is 222 Å². The average Bonchev–Trinajstić information content (AvgIpc) is 3.17. The van der Waals surface area contributed by atoms with Crippen molar-refractivity contribution in [3.63, 3.8) is 0 Å². The molecule has 0 spiro atoms. The predicted octanol–water partition coefficient (Wildman–Crippen LogP) is 4.91. The number of halogens is 2. The summed E-state index contributed by atoms with van der Waals surface area (Å²) in [5.41, 5.74) is 1.13. The number of thioether (sulfide) groups is 1. The summed E-state index contributed by atoms with van der Waals surface area (Å²) in [5.74, 6) is -0.541. The van der Waals surface area contributed by atoms with Gasteiger partial charge in [0.25, 0.3) is 5.91 Å². The van der Waals surface area contributed by atoms with Crippen LogP contribution in [0.15, 0.2) is 47.6 Å². The number of aromatic nitrogens is 3. The third-order valence-electron chi connectivity index (χ3n) is 4.84. The van der Waals surface area contributed by atoms with Crippen molar-refractivity contribution in [1.82, 2.24) is 20.1 Å². The summed E-state index contributed by atoms with van der Waals surface area (Å²) in [4.78, 5) is 37.2. The van der Waals surface area contributed by atoms with E-state index >= 15 is 0 Å². The topological polar surface area (TPSA) is 115 Å². The molecular weight excluding hydrogens is 525 g/mol. The maximum absolute atomic E-state index is 12.6. The van der Waals surface area contributed by atoms with Crippen LogP contribution in [0.4, 0.5) is 5.69 Å². The molecule has 0 radical (unpaired) electrons. The first-order valence-corrected chi connectivity index (χ1v) is 12.7. The van der Waals surface area contributed by atoms with Crippen molar-refractivity contribution < 1.29 is 19.1 Å². The van der Waals surface area contributed by atoms with E-state index in [0.717, 1.165) is 0 Å². The second-order valence-electron chi connectivity index (χ2n) is 8.09. The Morgan fingerprint density at radius 3 is 2.53 bits per heavy atom. The van der Waals surface area contributed by atoms with Crippen LogP contribution in [0.3, 0.4) is 0 Å². The number of carbonyl (C=O) groups is 3. The molecule has 0 aliphatic rings. The minimum absolute atomic E-state index is 0.0633. The number of amides is 2. The molecule has 0 aliphatic carbocycles. The summed E-state index contributed by atoms with van der Waals surface area (Å²) >= 11 is 13.2. The third kappa shape index (κ3) is 7.22. The lowest BCUT2D eigenvalue weighted by Crippen LogP contribution is -2.28. The van der Waals surface area contributed by atoms with E-state index in [1.165, 1.54) is 17.8 Å². The first-order chi connectivity index (χ1) is 17.0. The van der Waals surface area contributed by atoms with E-state index < -0.39 is 12.0 Å². The van der Waals surface area contributed by atoms with E-state index in [1.54, 1.807) is 68.8 Å². The molecule has 0 saturated carbocycles. The number of anilines is 1. The van der Waals surface area contributed by atoms with E-state index in [-0.39, 0.29) is 28.7 Å². The SMILES string of the molecule is CC(C)OC(=O)c1cccc(NC(=O)CSc2nnc([C@@H](C)NC(=O)c3ccc(Cl)cc3Cl)n2C)c1. The highest BCUT2D eigenvalue weighted by Crippen LogP contribution is 2.23. The van der Waals surface area contributed by atoms with E-state index in [1.807, 2.05) is 0 Å². The summed E-state index contributed by atoms with van der Waals surface area (Å²) in [6.07, 6.45) is -0.241. The van der Waals surface area contributed by atoms with E-state index in [0.29, 0.717) is 32.8 Å². The van der Waals surface area contributed by atoms with Crippen LogP contribution in [-0.2, 0) is 16.6 Å². The predicted molar refractivity (Wildman–Crippen MR) is 140 cm³/mol. The minimum Gasteiger partial charge on any atom is -0.459 e. The lowest BCUT2D eigenvalue weighted by atomic mass is 10.2. The third-order valence-corrected chi connectivity index (χ3v) is 6.40. The fourth-order valence-corrected chi connectivity index (χ4v) is 4.39. The van der Waals surface area contributed by atoms with Gasteiger partial charge in [-0.2, -0.15) is 0 Å². The number of ether oxygens (including phenoxy) is 1. The van der Waals surface area contributed by atoms with Crippen molar-refractivity contribution >= 4 is 58.4 Å². The monoisotopic (exact) mass is 549 g/mol. The van der Waals surface area contributed by atoms with Crippen LogP contribution in [0.5, 0.6) is 0 Å². The van der Waals surface area contributed by atoms with E-state index in [9.17, 15) is 14.4 Å². The number of hydrogen-bond donors (Lipinski definition) is 2. The Kier molecular flexibility index (Phi) is 9.36. The fraction of sp³-hybridized carbons (Fsp3) is 0.292. The standard InChI is InChI=1S/C24H25Cl2N5O4S/c1-13(2)35-23(34)15-6-5-7-17(10-15)28-20(32)12-36-24-30-29-21(31(24)4)14(3)27-22(33)18-9-8-16(25)11-19(18)26/h5-11,13-14H,12H2,1-4H3,(H,27,33)(H,28,32)/t14-/m1/s1. The van der Waals surface area contributed by atoms with Crippen molar-refractivity contribution in [2.75, 3.05) is 11.1 Å². The molecule has 3 rings (SSSR count). The zero-order chi connectivity index (χ0) is 26.4.